The molecular weight excluding hydrogens is 282 g/mol. The van der Waals surface area contributed by atoms with Crippen LogP contribution in [0.3, 0.4) is 0 Å². The number of para-hydroxylation sites is 1. The van der Waals surface area contributed by atoms with E-state index in [4.69, 9.17) is 9.47 Å². The number of hydrogen-bond acceptors (Lipinski definition) is 4. The first kappa shape index (κ1) is 16.1. The molecular formula is C17H21NO4. The van der Waals surface area contributed by atoms with E-state index < -0.39 is 5.97 Å². The molecule has 0 bridgehead atoms. The first-order valence-electron chi connectivity index (χ1n) is 7.46. The molecule has 0 atom stereocenters. The Morgan fingerprint density at radius 1 is 1.18 bits per heavy atom. The van der Waals surface area contributed by atoms with Crippen molar-refractivity contribution < 1.29 is 19.1 Å². The number of nitrogens with zero attached hydrogens (tertiary/aromatic N) is 1. The maximum Gasteiger partial charge on any atom is 0.331 e. The van der Waals surface area contributed by atoms with Crippen LogP contribution in [0, 0.1) is 0 Å². The van der Waals surface area contributed by atoms with Gasteiger partial charge >= 0.3 is 5.97 Å². The SMILES string of the molecule is COc1ccccc1/C=C/C(=O)OCC(=O)N1CCCCC1. The monoisotopic (exact) mass is 303 g/mol. The molecule has 0 spiro atoms. The van der Waals surface area contributed by atoms with Crippen LogP contribution in [-0.2, 0) is 14.3 Å². The van der Waals surface area contributed by atoms with Gasteiger partial charge in [0.2, 0.25) is 0 Å². The number of esters is 1. The van der Waals surface area contributed by atoms with E-state index in [-0.39, 0.29) is 12.5 Å². The molecule has 0 aromatic heterocycles. The van der Waals surface area contributed by atoms with Gasteiger partial charge in [0.15, 0.2) is 6.61 Å². The van der Waals surface area contributed by atoms with Gasteiger partial charge in [0.1, 0.15) is 5.75 Å². The summed E-state index contributed by atoms with van der Waals surface area (Å²) >= 11 is 0. The lowest BCUT2D eigenvalue weighted by Crippen LogP contribution is -2.38. The van der Waals surface area contributed by atoms with Crippen LogP contribution in [0.25, 0.3) is 6.08 Å². The van der Waals surface area contributed by atoms with Gasteiger partial charge in [-0.1, -0.05) is 18.2 Å². The fraction of sp³-hybridized carbons (Fsp3) is 0.412. The van der Waals surface area contributed by atoms with E-state index in [0.717, 1.165) is 37.9 Å². The van der Waals surface area contributed by atoms with Crippen molar-refractivity contribution in [3.63, 3.8) is 0 Å². The Morgan fingerprint density at radius 2 is 1.91 bits per heavy atom. The molecule has 5 nitrogen and oxygen atoms in total. The highest BCUT2D eigenvalue weighted by Crippen LogP contribution is 2.18. The Morgan fingerprint density at radius 3 is 2.64 bits per heavy atom. The second-order valence-electron chi connectivity index (χ2n) is 5.12. The summed E-state index contributed by atoms with van der Waals surface area (Å²) in [5.41, 5.74) is 0.782. The van der Waals surface area contributed by atoms with Crippen LogP contribution >= 0.6 is 0 Å². The number of ether oxygens (including phenoxy) is 2. The van der Waals surface area contributed by atoms with E-state index in [1.807, 2.05) is 24.3 Å². The number of carbonyl (C=O) groups is 2. The summed E-state index contributed by atoms with van der Waals surface area (Å²) < 4.78 is 10.2. The standard InChI is InChI=1S/C17H21NO4/c1-21-15-8-4-3-7-14(15)9-10-17(20)22-13-16(19)18-11-5-2-6-12-18/h3-4,7-10H,2,5-6,11-13H2,1H3/b10-9+. The predicted molar refractivity (Wildman–Crippen MR) is 83.4 cm³/mol. The third-order valence-corrected chi connectivity index (χ3v) is 3.58. The van der Waals surface area contributed by atoms with Crippen LogP contribution < -0.4 is 4.74 Å². The molecule has 118 valence electrons. The fourth-order valence-electron chi connectivity index (χ4n) is 2.38. The molecule has 22 heavy (non-hydrogen) atoms. The van der Waals surface area contributed by atoms with Gasteiger partial charge in [-0.05, 0) is 31.4 Å². The topological polar surface area (TPSA) is 55.8 Å². The summed E-state index contributed by atoms with van der Waals surface area (Å²) in [5, 5.41) is 0. The lowest BCUT2D eigenvalue weighted by molar-refractivity contribution is -0.148. The Labute approximate surface area is 130 Å². The van der Waals surface area contributed by atoms with Crippen LogP contribution in [-0.4, -0.2) is 43.6 Å². The normalized spacial score (nSPS) is 14.9. The van der Waals surface area contributed by atoms with Gasteiger partial charge in [-0.2, -0.15) is 0 Å². The summed E-state index contributed by atoms with van der Waals surface area (Å²) in [7, 11) is 1.57. The molecule has 1 aliphatic heterocycles. The number of likely N-dealkylation sites (tertiary alicyclic amines) is 1. The van der Waals surface area contributed by atoms with E-state index in [9.17, 15) is 9.59 Å². The smallest absolute Gasteiger partial charge is 0.331 e. The van der Waals surface area contributed by atoms with Crippen molar-refractivity contribution in [2.24, 2.45) is 0 Å². The van der Waals surface area contributed by atoms with E-state index in [1.54, 1.807) is 18.1 Å². The van der Waals surface area contributed by atoms with E-state index >= 15 is 0 Å². The van der Waals surface area contributed by atoms with Crippen molar-refractivity contribution in [2.45, 2.75) is 19.3 Å². The molecule has 1 heterocycles. The molecule has 5 heteroatoms. The lowest BCUT2D eigenvalue weighted by Gasteiger charge is -2.26. The number of carbonyl (C=O) groups excluding carboxylic acids is 2. The van der Waals surface area contributed by atoms with Crippen LogP contribution in [0.1, 0.15) is 24.8 Å². The molecule has 1 aliphatic rings. The van der Waals surface area contributed by atoms with Gasteiger partial charge in [0.25, 0.3) is 5.91 Å². The van der Waals surface area contributed by atoms with Crippen molar-refractivity contribution in [1.82, 2.24) is 4.90 Å². The van der Waals surface area contributed by atoms with Gasteiger partial charge < -0.3 is 14.4 Å². The third kappa shape index (κ3) is 4.62. The van der Waals surface area contributed by atoms with Crippen LogP contribution in [0.4, 0.5) is 0 Å². The summed E-state index contributed by atoms with van der Waals surface area (Å²) in [4.78, 5) is 25.3. The Bertz CT molecular complexity index is 547. The molecule has 1 amide bonds. The van der Waals surface area contributed by atoms with Crippen molar-refractivity contribution in [2.75, 3.05) is 26.8 Å². The molecule has 1 fully saturated rings. The Balaban J connectivity index is 1.82. The zero-order valence-corrected chi connectivity index (χ0v) is 12.8. The number of benzene rings is 1. The minimum Gasteiger partial charge on any atom is -0.496 e. The summed E-state index contributed by atoms with van der Waals surface area (Å²) in [6.07, 6.45) is 6.12. The maximum absolute atomic E-state index is 11.9. The molecule has 2 rings (SSSR count). The van der Waals surface area contributed by atoms with Crippen molar-refractivity contribution in [1.29, 1.82) is 0 Å². The zero-order chi connectivity index (χ0) is 15.8. The molecule has 0 saturated carbocycles. The highest BCUT2D eigenvalue weighted by atomic mass is 16.5. The number of methoxy groups -OCH3 is 1. The molecule has 0 N–H and O–H groups in total. The van der Waals surface area contributed by atoms with Crippen molar-refractivity contribution in [3.05, 3.63) is 35.9 Å². The van der Waals surface area contributed by atoms with Crippen LogP contribution in [0.15, 0.2) is 30.3 Å². The fourth-order valence-corrected chi connectivity index (χ4v) is 2.38. The van der Waals surface area contributed by atoms with Gasteiger partial charge in [-0.3, -0.25) is 4.79 Å². The number of hydrogen-bond donors (Lipinski definition) is 0. The molecule has 0 unspecified atom stereocenters. The summed E-state index contributed by atoms with van der Waals surface area (Å²) in [5.74, 6) is 0.0194. The third-order valence-electron chi connectivity index (χ3n) is 3.58. The van der Waals surface area contributed by atoms with Gasteiger partial charge in [-0.25, -0.2) is 4.79 Å². The van der Waals surface area contributed by atoms with Gasteiger partial charge in [-0.15, -0.1) is 0 Å². The molecule has 0 aliphatic carbocycles. The predicted octanol–water partition coefficient (Wildman–Crippen LogP) is 2.26. The molecule has 0 radical (unpaired) electrons. The lowest BCUT2D eigenvalue weighted by atomic mass is 10.1. The first-order valence-corrected chi connectivity index (χ1v) is 7.46. The largest absolute Gasteiger partial charge is 0.496 e. The zero-order valence-electron chi connectivity index (χ0n) is 12.8. The maximum atomic E-state index is 11.9. The Hall–Kier alpha value is -2.30. The second-order valence-corrected chi connectivity index (χ2v) is 5.12. The van der Waals surface area contributed by atoms with E-state index in [1.165, 1.54) is 6.08 Å². The quantitative estimate of drug-likeness (QED) is 0.618. The van der Waals surface area contributed by atoms with Crippen LogP contribution in [0.2, 0.25) is 0 Å². The van der Waals surface area contributed by atoms with E-state index in [2.05, 4.69) is 0 Å². The average molecular weight is 303 g/mol. The number of amides is 1. The second kappa shape index (κ2) is 8.22. The minimum absolute atomic E-state index is 0.126. The van der Waals surface area contributed by atoms with Crippen molar-refractivity contribution in [3.8, 4) is 5.75 Å². The van der Waals surface area contributed by atoms with Gasteiger partial charge in [0.05, 0.1) is 7.11 Å². The molecule has 1 saturated heterocycles. The van der Waals surface area contributed by atoms with Gasteiger partial charge in [0, 0.05) is 24.7 Å². The minimum atomic E-state index is -0.531. The highest BCUT2D eigenvalue weighted by Gasteiger charge is 2.17. The molecule has 1 aromatic rings. The summed E-state index contributed by atoms with van der Waals surface area (Å²) in [6, 6.07) is 7.35. The number of rotatable bonds is 5. The van der Waals surface area contributed by atoms with Crippen LogP contribution in [0.5, 0.6) is 5.75 Å². The summed E-state index contributed by atoms with van der Waals surface area (Å²) in [6.45, 7) is 1.32. The van der Waals surface area contributed by atoms with Crippen molar-refractivity contribution >= 4 is 18.0 Å². The highest BCUT2D eigenvalue weighted by molar-refractivity contribution is 5.89. The first-order chi connectivity index (χ1) is 10.7. The number of piperidine rings is 1. The molecule has 1 aromatic carbocycles. The average Bonchev–Trinajstić information content (AvgIpc) is 2.58. The Kier molecular flexibility index (Phi) is 6.01. The van der Waals surface area contributed by atoms with E-state index in [0.29, 0.717) is 5.75 Å².